The van der Waals surface area contributed by atoms with Crippen LogP contribution in [0.15, 0.2) is 22.8 Å². The normalized spacial score (nSPS) is 54.8. The molecule has 5 aliphatic heterocycles. The molecule has 1 saturated carbocycles. The van der Waals surface area contributed by atoms with Crippen molar-refractivity contribution in [3.05, 3.63) is 22.8 Å². The van der Waals surface area contributed by atoms with E-state index in [1.807, 2.05) is 6.92 Å². The van der Waals surface area contributed by atoms with Crippen LogP contribution in [-0.2, 0) is 42.7 Å². The lowest BCUT2D eigenvalue weighted by molar-refractivity contribution is -0.373. The van der Waals surface area contributed by atoms with Gasteiger partial charge >= 0.3 is 5.97 Å². The van der Waals surface area contributed by atoms with Gasteiger partial charge in [-0.1, -0.05) is 32.4 Å². The van der Waals surface area contributed by atoms with Crippen molar-refractivity contribution in [2.45, 2.75) is 183 Å². The van der Waals surface area contributed by atoms with Crippen LogP contribution in [0, 0.1) is 34.5 Å². The lowest BCUT2D eigenvalue weighted by Crippen LogP contribution is -2.65. The number of ether oxygens (including phenoxy) is 8. The van der Waals surface area contributed by atoms with E-state index >= 15 is 0 Å². The fraction of sp³-hybridized carbons (Fsp3) is 0.884. The van der Waals surface area contributed by atoms with Crippen molar-refractivity contribution in [3.8, 4) is 0 Å². The molecule has 8 N–H and O–H groups in total. The first kappa shape index (κ1) is 43.6. The summed E-state index contributed by atoms with van der Waals surface area (Å²) in [6.45, 7) is 8.90. The average molecular weight is 853 g/mol. The molecule has 338 valence electrons. The maximum Gasteiger partial charge on any atom is 0.302 e. The van der Waals surface area contributed by atoms with Gasteiger partial charge in [0, 0.05) is 18.8 Å². The molecule has 0 aromatic heterocycles. The van der Waals surface area contributed by atoms with Crippen LogP contribution in [-0.4, -0.2) is 164 Å². The molecule has 22 atom stereocenters. The Bertz CT molecular complexity index is 1720. The first-order valence-electron chi connectivity index (χ1n) is 21.9. The van der Waals surface area contributed by atoms with E-state index in [1.54, 1.807) is 6.92 Å². The Hall–Kier alpha value is -1.65. The van der Waals surface area contributed by atoms with E-state index in [0.29, 0.717) is 19.4 Å². The average Bonchev–Trinajstić information content (AvgIpc) is 3.86. The van der Waals surface area contributed by atoms with Crippen molar-refractivity contribution >= 4 is 5.97 Å². The molecule has 0 aromatic carbocycles. The Morgan fingerprint density at radius 1 is 0.867 bits per heavy atom. The molecular formula is C43H64O17. The number of aliphatic hydroxyl groups excluding tert-OH is 7. The van der Waals surface area contributed by atoms with E-state index < -0.39 is 104 Å². The monoisotopic (exact) mass is 852 g/mol. The van der Waals surface area contributed by atoms with Gasteiger partial charge < -0.3 is 78.7 Å². The van der Waals surface area contributed by atoms with Crippen molar-refractivity contribution in [2.75, 3.05) is 19.8 Å². The maximum atomic E-state index is 11.9. The lowest BCUT2D eigenvalue weighted by atomic mass is 9.51. The Morgan fingerprint density at radius 3 is 2.33 bits per heavy atom. The summed E-state index contributed by atoms with van der Waals surface area (Å²) < 4.78 is 48.1. The zero-order valence-electron chi connectivity index (χ0n) is 35.0. The highest BCUT2D eigenvalue weighted by Crippen LogP contribution is 2.67. The largest absolute Gasteiger partial charge is 0.463 e. The SMILES string of the molecule is CC(=O)OC[C@H]1O[C@@H](O[C@H]2CC[C@]3(C)C4=C(CC[C@H]3C2)C2=CC[C@H]([C@H]3[C@H]5O[C@]6(C)OC[C@H](C)C6(O)[C@@H]5O[C@@H]3O)[C@@]2(C)CC4)[C@H](O[C@@H]2O[C@H](CO)[C@H](O)[C@H](O)[C@H]2O)[C@@H](O)[C@@H]1O. The maximum absolute atomic E-state index is 11.9. The van der Waals surface area contributed by atoms with E-state index in [9.17, 15) is 45.6 Å². The molecule has 0 spiro atoms. The minimum atomic E-state index is -1.77. The summed E-state index contributed by atoms with van der Waals surface area (Å²) in [4.78, 5) is 11.7. The number of carbonyl (C=O) groups excluding carboxylic acids is 1. The highest BCUT2D eigenvalue weighted by molar-refractivity contribution is 5.65. The Kier molecular flexibility index (Phi) is 11.3. The van der Waals surface area contributed by atoms with Gasteiger partial charge in [-0.15, -0.1) is 0 Å². The molecule has 60 heavy (non-hydrogen) atoms. The molecule has 9 aliphatic rings. The number of hydrogen-bond donors (Lipinski definition) is 8. The summed E-state index contributed by atoms with van der Waals surface area (Å²) in [5.74, 6) is -2.04. The van der Waals surface area contributed by atoms with E-state index in [4.69, 9.17) is 37.9 Å². The molecule has 1 unspecified atom stereocenters. The Balaban J connectivity index is 0.909. The Labute approximate surface area is 349 Å². The smallest absolute Gasteiger partial charge is 0.302 e. The highest BCUT2D eigenvalue weighted by Gasteiger charge is 2.75. The molecule has 0 aromatic rings. The second kappa shape index (κ2) is 15.5. The van der Waals surface area contributed by atoms with Crippen molar-refractivity contribution < 1.29 is 83.5 Å². The minimum absolute atomic E-state index is 0.0507. The summed E-state index contributed by atoms with van der Waals surface area (Å²) in [7, 11) is 0. The predicted octanol–water partition coefficient (Wildman–Crippen LogP) is 0.0555. The molecule has 9 rings (SSSR count). The van der Waals surface area contributed by atoms with Gasteiger partial charge in [0.25, 0.3) is 0 Å². The molecule has 17 nitrogen and oxygen atoms in total. The first-order chi connectivity index (χ1) is 28.4. The van der Waals surface area contributed by atoms with Crippen LogP contribution in [0.4, 0.5) is 0 Å². The number of carbonyl (C=O) groups is 1. The topological polar surface area (TPSA) is 253 Å². The summed E-state index contributed by atoms with van der Waals surface area (Å²) >= 11 is 0. The van der Waals surface area contributed by atoms with Gasteiger partial charge in [-0.2, -0.15) is 0 Å². The van der Waals surface area contributed by atoms with Gasteiger partial charge in [0.1, 0.15) is 61.5 Å². The van der Waals surface area contributed by atoms with Gasteiger partial charge in [-0.3, -0.25) is 4.79 Å². The lowest BCUT2D eigenvalue weighted by Gasteiger charge is -2.54. The van der Waals surface area contributed by atoms with Gasteiger partial charge in [-0.05, 0) is 92.1 Å². The minimum Gasteiger partial charge on any atom is -0.463 e. The highest BCUT2D eigenvalue weighted by atomic mass is 16.8. The third-order valence-corrected chi connectivity index (χ3v) is 16.7. The molecule has 17 heteroatoms. The predicted molar refractivity (Wildman–Crippen MR) is 204 cm³/mol. The zero-order valence-corrected chi connectivity index (χ0v) is 35.0. The summed E-state index contributed by atoms with van der Waals surface area (Å²) in [5, 5.41) is 86.9. The van der Waals surface area contributed by atoms with Crippen LogP contribution in [0.5, 0.6) is 0 Å². The second-order valence-corrected chi connectivity index (χ2v) is 19.7. The molecule has 0 bridgehead atoms. The standard InChI is InChI=1S/C43H64O17/c1-18-16-54-42(5)43(18,52)36-34(60-42)28(37(51)59-36)25-9-8-23-22-7-6-20-14-21(10-12-40(20,3)24(22)11-13-41(23,25)4)55-39-35(32(49)30(47)27(57-39)17-53-19(2)45)58-38-33(50)31(48)29(46)26(15-44)56-38/h8,18,20-21,25-39,44,46-52H,6-7,9-17H2,1-5H3/t18-,20-,21-,25+,26+,27+,28-,29-,30+,31-,32-,33+,34+,35+,36+,37-,38-,39+,40-,41-,42-,43?/m0/s1. The third kappa shape index (κ3) is 6.47. The van der Waals surface area contributed by atoms with Crippen LogP contribution in [0.1, 0.15) is 86.0 Å². The first-order valence-corrected chi connectivity index (χ1v) is 21.9. The fourth-order valence-electron chi connectivity index (χ4n) is 13.1. The number of allylic oxidation sites excluding steroid dienone is 4. The van der Waals surface area contributed by atoms with Gasteiger partial charge in [0.2, 0.25) is 0 Å². The van der Waals surface area contributed by atoms with Crippen LogP contribution in [0.2, 0.25) is 0 Å². The van der Waals surface area contributed by atoms with Crippen LogP contribution >= 0.6 is 0 Å². The quantitative estimate of drug-likeness (QED) is 0.150. The summed E-state index contributed by atoms with van der Waals surface area (Å²) in [6.07, 6.45) is -9.00. The van der Waals surface area contributed by atoms with E-state index in [0.717, 1.165) is 38.5 Å². The van der Waals surface area contributed by atoms with Crippen molar-refractivity contribution in [3.63, 3.8) is 0 Å². The van der Waals surface area contributed by atoms with Crippen molar-refractivity contribution in [1.82, 2.24) is 0 Å². The van der Waals surface area contributed by atoms with Crippen LogP contribution < -0.4 is 0 Å². The van der Waals surface area contributed by atoms with Crippen LogP contribution in [0.25, 0.3) is 0 Å². The summed E-state index contributed by atoms with van der Waals surface area (Å²) in [5.41, 5.74) is 2.55. The molecular weight excluding hydrogens is 788 g/mol. The van der Waals surface area contributed by atoms with E-state index in [1.165, 1.54) is 23.6 Å². The van der Waals surface area contributed by atoms with Crippen molar-refractivity contribution in [2.24, 2.45) is 34.5 Å². The van der Waals surface area contributed by atoms with Crippen LogP contribution in [0.3, 0.4) is 0 Å². The number of hydrogen-bond acceptors (Lipinski definition) is 17. The summed E-state index contributed by atoms with van der Waals surface area (Å²) in [6, 6.07) is 0. The van der Waals surface area contributed by atoms with E-state index in [-0.39, 0.29) is 47.2 Å². The molecule has 0 amide bonds. The Morgan fingerprint density at radius 2 is 1.60 bits per heavy atom. The molecule has 0 radical (unpaired) electrons. The van der Waals surface area contributed by atoms with E-state index in [2.05, 4.69) is 19.9 Å². The molecule has 5 heterocycles. The third-order valence-electron chi connectivity index (χ3n) is 16.7. The number of fused-ring (bicyclic) bond motifs is 7. The number of esters is 1. The van der Waals surface area contributed by atoms with Crippen molar-refractivity contribution in [1.29, 1.82) is 0 Å². The zero-order chi connectivity index (χ0) is 42.8. The van der Waals surface area contributed by atoms with Gasteiger partial charge in [0.05, 0.1) is 25.4 Å². The number of aliphatic hydroxyl groups is 8. The van der Waals surface area contributed by atoms with Gasteiger partial charge in [0.15, 0.2) is 30.3 Å². The second-order valence-electron chi connectivity index (χ2n) is 19.7. The molecule has 5 saturated heterocycles. The molecule has 6 fully saturated rings. The molecule has 4 aliphatic carbocycles. The van der Waals surface area contributed by atoms with Gasteiger partial charge in [-0.25, -0.2) is 0 Å². The number of rotatable bonds is 8. The fourth-order valence-corrected chi connectivity index (χ4v) is 13.1.